The van der Waals surface area contributed by atoms with Crippen molar-refractivity contribution in [2.24, 2.45) is 11.7 Å². The number of ether oxygens (including phenoxy) is 1. The van der Waals surface area contributed by atoms with E-state index in [2.05, 4.69) is 0 Å². The normalized spacial score (nSPS) is 25.6. The third-order valence-electron chi connectivity index (χ3n) is 4.44. The Bertz CT molecular complexity index is 315. The third-order valence-corrected chi connectivity index (χ3v) is 4.44. The second kappa shape index (κ2) is 9.72. The zero-order valence-corrected chi connectivity index (χ0v) is 14.2. The topological polar surface area (TPSA) is 75.8 Å². The van der Waals surface area contributed by atoms with Crippen LogP contribution in [0.4, 0.5) is 4.79 Å². The van der Waals surface area contributed by atoms with E-state index in [1.165, 1.54) is 32.1 Å². The molecule has 1 saturated heterocycles. The third kappa shape index (κ3) is 5.47. The van der Waals surface area contributed by atoms with E-state index in [9.17, 15) is 9.90 Å². The van der Waals surface area contributed by atoms with E-state index in [1.807, 2.05) is 6.92 Å². The molecule has 21 heavy (non-hydrogen) atoms. The summed E-state index contributed by atoms with van der Waals surface area (Å²) in [4.78, 5) is 13.1. The van der Waals surface area contributed by atoms with Gasteiger partial charge in [-0.2, -0.15) is 0 Å². The SMILES string of the molecule is CCN1C[C@@H]([C@H](O)[C@@H](N)CC2CCCCC2)OC1=O.Cl.Cl. The van der Waals surface area contributed by atoms with E-state index in [1.54, 1.807) is 4.90 Å². The van der Waals surface area contributed by atoms with Crippen LogP contribution in [0.2, 0.25) is 0 Å². The van der Waals surface area contributed by atoms with Crippen molar-refractivity contribution in [3.63, 3.8) is 0 Å². The number of carbonyl (C=O) groups excluding carboxylic acids is 1. The summed E-state index contributed by atoms with van der Waals surface area (Å²) in [6.45, 7) is 2.97. The molecule has 2 rings (SSSR count). The number of amides is 1. The molecule has 1 aliphatic carbocycles. The van der Waals surface area contributed by atoms with Crippen LogP contribution < -0.4 is 5.73 Å². The summed E-state index contributed by atoms with van der Waals surface area (Å²) in [5.41, 5.74) is 6.10. The first-order valence-electron chi connectivity index (χ1n) is 7.51. The Balaban J connectivity index is 0.00000200. The number of cyclic esters (lactones) is 1. The van der Waals surface area contributed by atoms with Gasteiger partial charge in [0.2, 0.25) is 0 Å². The number of nitrogens with zero attached hydrogens (tertiary/aromatic N) is 1. The largest absolute Gasteiger partial charge is 0.441 e. The number of likely N-dealkylation sites (N-methyl/N-ethyl adjacent to an activating group) is 1. The minimum Gasteiger partial charge on any atom is -0.441 e. The first kappa shape index (κ1) is 20.8. The fraction of sp³-hybridized carbons (Fsp3) is 0.929. The van der Waals surface area contributed by atoms with Crippen molar-refractivity contribution in [2.45, 2.75) is 63.7 Å². The summed E-state index contributed by atoms with van der Waals surface area (Å²) in [6.07, 6.45) is 5.58. The summed E-state index contributed by atoms with van der Waals surface area (Å²) in [6, 6.07) is -0.294. The molecule has 2 fully saturated rings. The van der Waals surface area contributed by atoms with Crippen molar-refractivity contribution in [2.75, 3.05) is 13.1 Å². The van der Waals surface area contributed by atoms with Crippen LogP contribution in [-0.2, 0) is 4.74 Å². The molecule has 7 heteroatoms. The maximum absolute atomic E-state index is 11.5. The summed E-state index contributed by atoms with van der Waals surface area (Å²) in [5.74, 6) is 0.623. The molecule has 3 N–H and O–H groups in total. The van der Waals surface area contributed by atoms with Crippen molar-refractivity contribution in [3.8, 4) is 0 Å². The zero-order valence-electron chi connectivity index (χ0n) is 12.6. The minimum atomic E-state index is -0.748. The molecule has 2 aliphatic rings. The maximum atomic E-state index is 11.5. The van der Waals surface area contributed by atoms with Crippen LogP contribution in [0.3, 0.4) is 0 Å². The van der Waals surface area contributed by atoms with Gasteiger partial charge in [-0.1, -0.05) is 32.1 Å². The number of aliphatic hydroxyl groups is 1. The van der Waals surface area contributed by atoms with Gasteiger partial charge in [0.05, 0.1) is 6.54 Å². The number of hydrogen-bond donors (Lipinski definition) is 2. The second-order valence-electron chi connectivity index (χ2n) is 5.86. The number of aliphatic hydroxyl groups excluding tert-OH is 1. The molecule has 1 saturated carbocycles. The first-order chi connectivity index (χ1) is 9.11. The molecule has 126 valence electrons. The molecule has 0 aromatic heterocycles. The Morgan fingerprint density at radius 2 is 1.95 bits per heavy atom. The lowest BCUT2D eigenvalue weighted by molar-refractivity contribution is 0.0120. The highest BCUT2D eigenvalue weighted by molar-refractivity contribution is 5.85. The van der Waals surface area contributed by atoms with Crippen LogP contribution in [-0.4, -0.2) is 47.4 Å². The van der Waals surface area contributed by atoms with Crippen LogP contribution >= 0.6 is 24.8 Å². The Morgan fingerprint density at radius 3 is 2.48 bits per heavy atom. The van der Waals surface area contributed by atoms with Gasteiger partial charge in [0.1, 0.15) is 12.2 Å². The monoisotopic (exact) mass is 342 g/mol. The molecule has 0 unspecified atom stereocenters. The fourth-order valence-electron chi connectivity index (χ4n) is 3.19. The lowest BCUT2D eigenvalue weighted by atomic mass is 9.83. The van der Waals surface area contributed by atoms with Gasteiger partial charge in [-0.05, 0) is 19.3 Å². The van der Waals surface area contributed by atoms with E-state index >= 15 is 0 Å². The predicted molar refractivity (Wildman–Crippen MR) is 87.2 cm³/mol. The van der Waals surface area contributed by atoms with E-state index in [-0.39, 0.29) is 36.9 Å². The van der Waals surface area contributed by atoms with E-state index in [0.717, 1.165) is 6.42 Å². The van der Waals surface area contributed by atoms with Crippen LogP contribution in [0.1, 0.15) is 45.4 Å². The Labute approximate surface area is 139 Å². The molecule has 1 heterocycles. The van der Waals surface area contributed by atoms with Crippen molar-refractivity contribution in [1.29, 1.82) is 0 Å². The molecule has 0 aromatic rings. The van der Waals surface area contributed by atoms with Gasteiger partial charge in [0.15, 0.2) is 0 Å². The van der Waals surface area contributed by atoms with Crippen LogP contribution in [0.15, 0.2) is 0 Å². The number of nitrogens with two attached hydrogens (primary N) is 1. The molecule has 5 nitrogen and oxygen atoms in total. The number of carbonyl (C=O) groups is 1. The smallest absolute Gasteiger partial charge is 0.410 e. The highest BCUT2D eigenvalue weighted by Gasteiger charge is 2.38. The number of halogens is 2. The van der Waals surface area contributed by atoms with Crippen molar-refractivity contribution >= 4 is 30.9 Å². The lowest BCUT2D eigenvalue weighted by Gasteiger charge is -2.28. The average Bonchev–Trinajstić information content (AvgIpc) is 2.80. The molecule has 1 amide bonds. The summed E-state index contributed by atoms with van der Waals surface area (Å²) < 4.78 is 5.19. The lowest BCUT2D eigenvalue weighted by Crippen LogP contribution is -2.45. The van der Waals surface area contributed by atoms with E-state index < -0.39 is 12.2 Å². The second-order valence-corrected chi connectivity index (χ2v) is 5.86. The van der Waals surface area contributed by atoms with Gasteiger partial charge < -0.3 is 20.5 Å². The Kier molecular flexibility index (Phi) is 9.61. The predicted octanol–water partition coefficient (Wildman–Crippen LogP) is 2.33. The first-order valence-corrected chi connectivity index (χ1v) is 7.51. The zero-order chi connectivity index (χ0) is 13.8. The highest BCUT2D eigenvalue weighted by Crippen LogP contribution is 2.28. The number of rotatable bonds is 5. The minimum absolute atomic E-state index is 0. The summed E-state index contributed by atoms with van der Waals surface area (Å²) >= 11 is 0. The van der Waals surface area contributed by atoms with Crippen LogP contribution in [0.25, 0.3) is 0 Å². The van der Waals surface area contributed by atoms with Gasteiger partial charge in [0, 0.05) is 12.6 Å². The van der Waals surface area contributed by atoms with Gasteiger partial charge in [-0.25, -0.2) is 4.79 Å². The van der Waals surface area contributed by atoms with Gasteiger partial charge in [0.25, 0.3) is 0 Å². The Hall–Kier alpha value is -0.230. The van der Waals surface area contributed by atoms with Crippen molar-refractivity contribution in [3.05, 3.63) is 0 Å². The Morgan fingerprint density at radius 1 is 1.33 bits per heavy atom. The van der Waals surface area contributed by atoms with Crippen molar-refractivity contribution in [1.82, 2.24) is 4.90 Å². The van der Waals surface area contributed by atoms with E-state index in [4.69, 9.17) is 10.5 Å². The van der Waals surface area contributed by atoms with Crippen LogP contribution in [0, 0.1) is 5.92 Å². The molecular formula is C14H28Cl2N2O3. The molecule has 0 aromatic carbocycles. The number of hydrogen-bond acceptors (Lipinski definition) is 4. The van der Waals surface area contributed by atoms with Gasteiger partial charge >= 0.3 is 6.09 Å². The molecule has 3 atom stereocenters. The fourth-order valence-corrected chi connectivity index (χ4v) is 3.19. The molecule has 0 bridgehead atoms. The molecule has 0 spiro atoms. The summed E-state index contributed by atoms with van der Waals surface area (Å²) in [7, 11) is 0. The highest BCUT2D eigenvalue weighted by atomic mass is 35.5. The molecule has 0 radical (unpaired) electrons. The standard InChI is InChI=1S/C14H26N2O3.2ClH/c1-2-16-9-12(19-14(16)18)13(17)11(15)8-10-6-4-3-5-7-10;;/h10-13,17H,2-9,15H2,1H3;2*1H/t11-,12-,13+;;/m0../s1. The van der Waals surface area contributed by atoms with Crippen LogP contribution in [0.5, 0.6) is 0 Å². The van der Waals surface area contributed by atoms with Gasteiger partial charge in [-0.3, -0.25) is 0 Å². The summed E-state index contributed by atoms with van der Waals surface area (Å²) in [5, 5.41) is 10.3. The maximum Gasteiger partial charge on any atom is 0.410 e. The van der Waals surface area contributed by atoms with E-state index in [0.29, 0.717) is 19.0 Å². The van der Waals surface area contributed by atoms with Gasteiger partial charge in [-0.15, -0.1) is 24.8 Å². The average molecular weight is 343 g/mol. The van der Waals surface area contributed by atoms with Crippen molar-refractivity contribution < 1.29 is 14.6 Å². The molecular weight excluding hydrogens is 315 g/mol. The quantitative estimate of drug-likeness (QED) is 0.803. The molecule has 1 aliphatic heterocycles.